The number of fused-ring (bicyclic) bond motifs is 2. The molecule has 5 heteroatoms. The van der Waals surface area contributed by atoms with Crippen LogP contribution in [-0.2, 0) is 6.54 Å². The quantitative estimate of drug-likeness (QED) is 0.740. The van der Waals surface area contributed by atoms with Gasteiger partial charge in [-0.2, -0.15) is 0 Å². The van der Waals surface area contributed by atoms with Crippen LogP contribution >= 0.6 is 23.2 Å². The van der Waals surface area contributed by atoms with Gasteiger partial charge in [-0.05, 0) is 17.1 Å². The Morgan fingerprint density at radius 3 is 2.83 bits per heavy atom. The molecule has 0 atom stereocenters. The predicted octanol–water partition coefficient (Wildman–Crippen LogP) is 2.68. The van der Waals surface area contributed by atoms with Gasteiger partial charge in [0.1, 0.15) is 17.8 Å². The third kappa shape index (κ3) is 1.85. The number of hydrogen-bond acceptors (Lipinski definition) is 2. The molecule has 18 heavy (non-hydrogen) atoms. The number of benzene rings is 1. The second-order valence-electron chi connectivity index (χ2n) is 4.11. The van der Waals surface area contributed by atoms with Gasteiger partial charge in [0.2, 0.25) is 5.84 Å². The molecule has 1 aliphatic heterocycles. The molecule has 1 aromatic carbocycles. The standard InChI is InChI=1S/C13H9Cl2N3/c14-9-5-11(15)13-17-12(16)10-4-2-1-3-8(10)6-18(13)7-9/h1-5,7,16H,6H2/p+1. The topological polar surface area (TPSA) is 42.3 Å². The molecule has 0 radical (unpaired) electrons. The van der Waals surface area contributed by atoms with Crippen LogP contribution in [0.4, 0.5) is 5.82 Å². The summed E-state index contributed by atoms with van der Waals surface area (Å²) in [5, 5.41) is 1.08. The highest BCUT2D eigenvalue weighted by atomic mass is 35.5. The highest BCUT2D eigenvalue weighted by Gasteiger charge is 2.24. The lowest BCUT2D eigenvalue weighted by molar-refractivity contribution is -0.675. The van der Waals surface area contributed by atoms with E-state index in [1.165, 1.54) is 0 Å². The molecule has 0 fully saturated rings. The minimum atomic E-state index is 0.473. The maximum atomic E-state index is 6.16. The van der Waals surface area contributed by atoms with Gasteiger partial charge in [0, 0.05) is 5.56 Å². The van der Waals surface area contributed by atoms with Crippen molar-refractivity contribution in [1.29, 1.82) is 0 Å². The van der Waals surface area contributed by atoms with Gasteiger partial charge in [0.15, 0.2) is 0 Å². The van der Waals surface area contributed by atoms with Crippen molar-refractivity contribution in [2.24, 2.45) is 10.7 Å². The first kappa shape index (κ1) is 11.5. The number of aromatic nitrogens is 1. The number of nitrogens with zero attached hydrogens (tertiary/aromatic N) is 2. The Morgan fingerprint density at radius 2 is 2.00 bits per heavy atom. The van der Waals surface area contributed by atoms with Gasteiger partial charge < -0.3 is 5.73 Å². The Kier molecular flexibility index (Phi) is 2.73. The lowest BCUT2D eigenvalue weighted by Gasteiger charge is -2.04. The van der Waals surface area contributed by atoms with E-state index in [1.807, 2.05) is 35.0 Å². The maximum Gasteiger partial charge on any atom is 0.344 e. The number of aliphatic imine (C=N–C) groups is 1. The van der Waals surface area contributed by atoms with Crippen LogP contribution in [0.3, 0.4) is 0 Å². The van der Waals surface area contributed by atoms with E-state index in [4.69, 9.17) is 28.9 Å². The van der Waals surface area contributed by atoms with Crippen molar-refractivity contribution in [2.75, 3.05) is 0 Å². The molecular formula is C13H10Cl2N3+. The van der Waals surface area contributed by atoms with E-state index in [-0.39, 0.29) is 0 Å². The molecule has 3 nitrogen and oxygen atoms in total. The van der Waals surface area contributed by atoms with Crippen molar-refractivity contribution < 1.29 is 4.57 Å². The van der Waals surface area contributed by atoms with E-state index < -0.39 is 0 Å². The molecule has 0 bridgehead atoms. The zero-order chi connectivity index (χ0) is 12.7. The highest BCUT2D eigenvalue weighted by Crippen LogP contribution is 2.26. The van der Waals surface area contributed by atoms with Crippen molar-refractivity contribution in [3.8, 4) is 0 Å². The molecule has 1 aliphatic rings. The van der Waals surface area contributed by atoms with Gasteiger partial charge in [-0.15, -0.1) is 0 Å². The Bertz CT molecular complexity index is 665. The molecule has 2 heterocycles. The fraction of sp³-hybridized carbons (Fsp3) is 0.0769. The van der Waals surface area contributed by atoms with E-state index in [9.17, 15) is 0 Å². The SMILES string of the molecule is NC1=Nc2c(Cl)cc(Cl)c[n+]2Cc2ccccc21. The van der Waals surface area contributed by atoms with Crippen LogP contribution < -0.4 is 10.3 Å². The van der Waals surface area contributed by atoms with Crippen molar-refractivity contribution in [3.63, 3.8) is 0 Å². The molecule has 90 valence electrons. The van der Waals surface area contributed by atoms with E-state index in [2.05, 4.69) is 4.99 Å². The minimum absolute atomic E-state index is 0.473. The van der Waals surface area contributed by atoms with Crippen LogP contribution in [0.15, 0.2) is 41.5 Å². The number of hydrogen-bond donors (Lipinski definition) is 1. The molecule has 3 rings (SSSR count). The molecule has 0 aliphatic carbocycles. The van der Waals surface area contributed by atoms with Crippen LogP contribution in [-0.4, -0.2) is 5.84 Å². The molecule has 2 N–H and O–H groups in total. The van der Waals surface area contributed by atoms with Gasteiger partial charge in [-0.25, -0.2) is 4.57 Å². The summed E-state index contributed by atoms with van der Waals surface area (Å²) in [5.74, 6) is 1.11. The van der Waals surface area contributed by atoms with Gasteiger partial charge in [0.25, 0.3) is 0 Å². The van der Waals surface area contributed by atoms with Gasteiger partial charge in [-0.1, -0.05) is 41.4 Å². The van der Waals surface area contributed by atoms with Crippen LogP contribution in [0.1, 0.15) is 11.1 Å². The smallest absolute Gasteiger partial charge is 0.344 e. The first-order chi connectivity index (χ1) is 8.65. The van der Waals surface area contributed by atoms with Gasteiger partial charge >= 0.3 is 5.82 Å². The molecule has 0 spiro atoms. The fourth-order valence-electron chi connectivity index (χ4n) is 2.07. The van der Waals surface area contributed by atoms with E-state index in [0.717, 1.165) is 11.1 Å². The second kappa shape index (κ2) is 4.26. The van der Waals surface area contributed by atoms with Crippen LogP contribution in [0.25, 0.3) is 0 Å². The van der Waals surface area contributed by atoms with E-state index in [0.29, 0.717) is 28.2 Å². The number of amidine groups is 1. The van der Waals surface area contributed by atoms with E-state index >= 15 is 0 Å². The highest BCUT2D eigenvalue weighted by molar-refractivity contribution is 6.35. The summed E-state index contributed by atoms with van der Waals surface area (Å²) in [6, 6.07) is 9.56. The summed E-state index contributed by atoms with van der Waals surface area (Å²) < 4.78 is 1.91. The average Bonchev–Trinajstić information content (AvgIpc) is 2.47. The van der Waals surface area contributed by atoms with Crippen molar-refractivity contribution >= 4 is 34.9 Å². The summed E-state index contributed by atoms with van der Waals surface area (Å²) >= 11 is 12.2. The molecule has 2 aromatic rings. The third-order valence-corrected chi connectivity index (χ3v) is 3.37. The summed E-state index contributed by atoms with van der Waals surface area (Å²) in [6.07, 6.45) is 1.81. The van der Waals surface area contributed by atoms with Crippen LogP contribution in [0.5, 0.6) is 0 Å². The van der Waals surface area contributed by atoms with Crippen LogP contribution in [0, 0.1) is 0 Å². The van der Waals surface area contributed by atoms with Gasteiger partial charge in [0.05, 0.1) is 10.6 Å². The van der Waals surface area contributed by atoms with Crippen molar-refractivity contribution in [3.05, 3.63) is 57.7 Å². The lowest BCUT2D eigenvalue weighted by Crippen LogP contribution is -2.34. The lowest BCUT2D eigenvalue weighted by atomic mass is 10.1. The largest absolute Gasteiger partial charge is 0.362 e. The first-order valence-corrected chi connectivity index (χ1v) is 6.21. The Balaban J connectivity index is 2.28. The average molecular weight is 279 g/mol. The monoisotopic (exact) mass is 278 g/mol. The molecule has 0 saturated carbocycles. The number of pyridine rings is 1. The van der Waals surface area contributed by atoms with Gasteiger partial charge in [-0.3, -0.25) is 0 Å². The first-order valence-electron chi connectivity index (χ1n) is 5.46. The molecule has 0 amide bonds. The number of halogens is 2. The second-order valence-corrected chi connectivity index (χ2v) is 4.96. The maximum absolute atomic E-state index is 6.16. The summed E-state index contributed by atoms with van der Waals surface area (Å²) in [7, 11) is 0. The minimum Gasteiger partial charge on any atom is -0.362 e. The number of nitrogens with two attached hydrogens (primary N) is 1. The third-order valence-electron chi connectivity index (χ3n) is 2.89. The molecule has 0 saturated heterocycles. The Labute approximate surface area is 114 Å². The predicted molar refractivity (Wildman–Crippen MR) is 72.6 cm³/mol. The Morgan fingerprint density at radius 1 is 1.22 bits per heavy atom. The van der Waals surface area contributed by atoms with Crippen LogP contribution in [0.2, 0.25) is 10.0 Å². The zero-order valence-corrected chi connectivity index (χ0v) is 10.9. The number of rotatable bonds is 0. The van der Waals surface area contributed by atoms with E-state index in [1.54, 1.807) is 6.07 Å². The van der Waals surface area contributed by atoms with Crippen molar-refractivity contribution in [1.82, 2.24) is 0 Å². The van der Waals surface area contributed by atoms with Crippen molar-refractivity contribution in [2.45, 2.75) is 6.54 Å². The molecule has 0 unspecified atom stereocenters. The normalized spacial score (nSPS) is 13.3. The summed E-state index contributed by atoms with van der Waals surface area (Å²) in [5.41, 5.74) is 8.05. The molecular weight excluding hydrogens is 269 g/mol. The summed E-state index contributed by atoms with van der Waals surface area (Å²) in [6.45, 7) is 0.649. The zero-order valence-electron chi connectivity index (χ0n) is 9.40. The molecule has 1 aromatic heterocycles. The Hall–Kier alpha value is -1.58. The fourth-order valence-corrected chi connectivity index (χ4v) is 2.63. The summed E-state index contributed by atoms with van der Waals surface area (Å²) in [4.78, 5) is 4.39.